The summed E-state index contributed by atoms with van der Waals surface area (Å²) in [6.07, 6.45) is -0.168. The molecule has 3 rings (SSSR count). The Morgan fingerprint density at radius 2 is 1.78 bits per heavy atom. The molecule has 1 amide bonds. The zero-order chi connectivity index (χ0) is 16.8. The van der Waals surface area contributed by atoms with Gasteiger partial charge in [-0.25, -0.2) is 4.79 Å². The summed E-state index contributed by atoms with van der Waals surface area (Å²) >= 11 is 0. The van der Waals surface area contributed by atoms with Crippen LogP contribution in [0.3, 0.4) is 0 Å². The number of nitrogens with zero attached hydrogens (tertiary/aromatic N) is 1. The van der Waals surface area contributed by atoms with Crippen LogP contribution in [-0.2, 0) is 11.3 Å². The van der Waals surface area contributed by atoms with Crippen molar-refractivity contribution in [3.05, 3.63) is 34.9 Å². The highest BCUT2D eigenvalue weighted by Gasteiger charge is 2.56. The summed E-state index contributed by atoms with van der Waals surface area (Å²) in [5.74, 6) is 1.18. The number of fused-ring (bicyclic) bond motifs is 1. The lowest BCUT2D eigenvalue weighted by atomic mass is 10.0. The molecule has 0 aromatic heterocycles. The van der Waals surface area contributed by atoms with E-state index in [0.29, 0.717) is 17.9 Å². The van der Waals surface area contributed by atoms with E-state index in [1.54, 1.807) is 0 Å². The molecule has 2 fully saturated rings. The van der Waals surface area contributed by atoms with Crippen LogP contribution in [0, 0.1) is 25.7 Å². The van der Waals surface area contributed by atoms with E-state index in [9.17, 15) is 4.79 Å². The molecule has 1 aliphatic heterocycles. The Kier molecular flexibility index (Phi) is 4.13. The Morgan fingerprint density at radius 3 is 2.30 bits per heavy atom. The molecule has 0 radical (unpaired) electrons. The molecule has 1 saturated carbocycles. The van der Waals surface area contributed by atoms with Gasteiger partial charge >= 0.3 is 6.09 Å². The molecule has 1 heterocycles. The fraction of sp³-hybridized carbons (Fsp3) is 0.632. The van der Waals surface area contributed by atoms with Gasteiger partial charge in [0.05, 0.1) is 0 Å². The summed E-state index contributed by atoms with van der Waals surface area (Å²) < 4.78 is 5.45. The van der Waals surface area contributed by atoms with Crippen LogP contribution in [0.25, 0.3) is 0 Å². The van der Waals surface area contributed by atoms with E-state index in [4.69, 9.17) is 4.74 Å². The highest BCUT2D eigenvalue weighted by Crippen LogP contribution is 2.46. The first-order valence-electron chi connectivity index (χ1n) is 8.52. The van der Waals surface area contributed by atoms with Gasteiger partial charge in [0.2, 0.25) is 0 Å². The summed E-state index contributed by atoms with van der Waals surface area (Å²) in [6.45, 7) is 12.6. The molecule has 23 heavy (non-hydrogen) atoms. The molecule has 1 aromatic rings. The number of carbonyl (C=O) groups excluding carboxylic acids is 1. The van der Waals surface area contributed by atoms with Crippen LogP contribution in [0.5, 0.6) is 0 Å². The topological polar surface area (TPSA) is 41.6 Å². The number of benzene rings is 1. The molecule has 4 nitrogen and oxygen atoms in total. The van der Waals surface area contributed by atoms with E-state index in [1.807, 2.05) is 25.7 Å². The molecular formula is C19H28N2O2. The van der Waals surface area contributed by atoms with Gasteiger partial charge in [0.15, 0.2) is 0 Å². The van der Waals surface area contributed by atoms with Crippen molar-refractivity contribution in [2.45, 2.75) is 52.8 Å². The average Bonchev–Trinajstić information content (AvgIpc) is 2.89. The Labute approximate surface area is 139 Å². The third-order valence-corrected chi connectivity index (χ3v) is 5.00. The zero-order valence-corrected chi connectivity index (χ0v) is 14.8. The molecule has 126 valence electrons. The average molecular weight is 316 g/mol. The minimum Gasteiger partial charge on any atom is -0.444 e. The minimum absolute atomic E-state index is 0.168. The fourth-order valence-electron chi connectivity index (χ4n) is 3.65. The summed E-state index contributed by atoms with van der Waals surface area (Å²) in [4.78, 5) is 13.9. The van der Waals surface area contributed by atoms with Crippen molar-refractivity contribution in [2.24, 2.45) is 11.8 Å². The molecule has 0 bridgehead atoms. The third-order valence-electron chi connectivity index (χ3n) is 5.00. The van der Waals surface area contributed by atoms with Gasteiger partial charge in [-0.05, 0) is 63.1 Å². The Balaban J connectivity index is 1.48. The molecule has 1 N–H and O–H groups in total. The van der Waals surface area contributed by atoms with E-state index < -0.39 is 5.60 Å². The standard InChI is InChI=1S/C19H28N2O2/c1-12-7-6-8-13(2)14(12)9-20-17-15-10-21(11-16(15)17)18(22)23-19(3,4)5/h6-8,15-17,20H,9-11H2,1-5H3. The highest BCUT2D eigenvalue weighted by molar-refractivity contribution is 5.69. The summed E-state index contributed by atoms with van der Waals surface area (Å²) in [6, 6.07) is 7.00. The summed E-state index contributed by atoms with van der Waals surface area (Å²) in [7, 11) is 0. The number of piperidine rings is 1. The van der Waals surface area contributed by atoms with E-state index in [1.165, 1.54) is 16.7 Å². The first-order valence-corrected chi connectivity index (χ1v) is 8.52. The quantitative estimate of drug-likeness (QED) is 0.930. The van der Waals surface area contributed by atoms with Crippen LogP contribution in [0.2, 0.25) is 0 Å². The van der Waals surface area contributed by atoms with Crippen LogP contribution < -0.4 is 5.32 Å². The maximum Gasteiger partial charge on any atom is 0.410 e. The molecule has 1 aromatic carbocycles. The van der Waals surface area contributed by atoms with Gasteiger partial charge in [-0.1, -0.05) is 18.2 Å². The summed E-state index contributed by atoms with van der Waals surface area (Å²) in [5.41, 5.74) is 3.68. The first kappa shape index (κ1) is 16.3. The van der Waals surface area contributed by atoms with Crippen LogP contribution in [0.15, 0.2) is 18.2 Å². The second kappa shape index (κ2) is 5.82. The first-order chi connectivity index (χ1) is 10.8. The zero-order valence-electron chi connectivity index (χ0n) is 14.8. The van der Waals surface area contributed by atoms with Crippen molar-refractivity contribution in [2.75, 3.05) is 13.1 Å². The van der Waals surface area contributed by atoms with Crippen LogP contribution >= 0.6 is 0 Å². The maximum absolute atomic E-state index is 12.1. The van der Waals surface area contributed by atoms with Gasteiger partial charge in [-0.2, -0.15) is 0 Å². The van der Waals surface area contributed by atoms with E-state index >= 15 is 0 Å². The van der Waals surface area contributed by atoms with Crippen LogP contribution in [0.1, 0.15) is 37.5 Å². The van der Waals surface area contributed by atoms with Crippen molar-refractivity contribution in [1.29, 1.82) is 0 Å². The fourth-order valence-corrected chi connectivity index (χ4v) is 3.65. The number of carbonyl (C=O) groups is 1. The molecular weight excluding hydrogens is 288 g/mol. The van der Waals surface area contributed by atoms with Gasteiger partial charge in [-0.3, -0.25) is 0 Å². The number of ether oxygens (including phenoxy) is 1. The molecule has 2 unspecified atom stereocenters. The van der Waals surface area contributed by atoms with Crippen molar-refractivity contribution in [3.63, 3.8) is 0 Å². The van der Waals surface area contributed by atoms with E-state index in [0.717, 1.165) is 19.6 Å². The molecule has 2 aliphatic rings. The lowest BCUT2D eigenvalue weighted by Crippen LogP contribution is -2.39. The van der Waals surface area contributed by atoms with Crippen molar-refractivity contribution in [1.82, 2.24) is 10.2 Å². The second-order valence-electron chi connectivity index (χ2n) is 7.99. The molecule has 0 spiro atoms. The van der Waals surface area contributed by atoms with Gasteiger partial charge in [0.25, 0.3) is 0 Å². The third kappa shape index (κ3) is 3.52. The molecule has 1 saturated heterocycles. The molecule has 4 heteroatoms. The van der Waals surface area contributed by atoms with Crippen molar-refractivity contribution in [3.8, 4) is 0 Å². The van der Waals surface area contributed by atoms with E-state index in [-0.39, 0.29) is 6.09 Å². The second-order valence-corrected chi connectivity index (χ2v) is 7.99. The van der Waals surface area contributed by atoms with Crippen LogP contribution in [-0.4, -0.2) is 35.7 Å². The van der Waals surface area contributed by atoms with Crippen molar-refractivity contribution < 1.29 is 9.53 Å². The molecule has 1 aliphatic carbocycles. The van der Waals surface area contributed by atoms with Crippen molar-refractivity contribution >= 4 is 6.09 Å². The number of rotatable bonds is 3. The smallest absolute Gasteiger partial charge is 0.410 e. The maximum atomic E-state index is 12.1. The summed E-state index contributed by atoms with van der Waals surface area (Å²) in [5, 5.41) is 3.69. The number of likely N-dealkylation sites (tertiary alicyclic amines) is 1. The number of amides is 1. The largest absolute Gasteiger partial charge is 0.444 e. The Bertz CT molecular complexity index is 574. The van der Waals surface area contributed by atoms with Crippen LogP contribution in [0.4, 0.5) is 4.79 Å². The van der Waals surface area contributed by atoms with E-state index in [2.05, 4.69) is 37.4 Å². The number of hydrogen-bond acceptors (Lipinski definition) is 3. The number of aryl methyl sites for hydroxylation is 2. The Hall–Kier alpha value is -1.55. The highest BCUT2D eigenvalue weighted by atomic mass is 16.6. The number of nitrogens with one attached hydrogen (secondary N) is 1. The SMILES string of the molecule is Cc1cccc(C)c1CNC1C2CN(C(=O)OC(C)(C)C)CC21. The molecule has 2 atom stereocenters. The van der Waals surface area contributed by atoms with Gasteiger partial charge < -0.3 is 15.0 Å². The normalized spacial score (nSPS) is 26.1. The lowest BCUT2D eigenvalue weighted by molar-refractivity contribution is 0.0269. The predicted octanol–water partition coefficient (Wildman–Crippen LogP) is 3.26. The van der Waals surface area contributed by atoms with Gasteiger partial charge in [0, 0.05) is 25.7 Å². The Morgan fingerprint density at radius 1 is 1.22 bits per heavy atom. The van der Waals surface area contributed by atoms with Gasteiger partial charge in [0.1, 0.15) is 5.60 Å². The predicted molar refractivity (Wildman–Crippen MR) is 91.3 cm³/mol. The minimum atomic E-state index is -0.413. The lowest BCUT2D eigenvalue weighted by Gasteiger charge is -2.26. The van der Waals surface area contributed by atoms with Gasteiger partial charge in [-0.15, -0.1) is 0 Å². The monoisotopic (exact) mass is 316 g/mol. The number of hydrogen-bond donors (Lipinski definition) is 1.